The SMILES string of the molecule is CCCO[C@H]1CN[C@H](C(C)C)C1. The van der Waals surface area contributed by atoms with Crippen LogP contribution in [-0.2, 0) is 4.74 Å². The zero-order valence-electron chi connectivity index (χ0n) is 8.47. The predicted octanol–water partition coefficient (Wildman–Crippen LogP) is 1.80. The van der Waals surface area contributed by atoms with Gasteiger partial charge in [-0.25, -0.2) is 0 Å². The molecule has 1 aliphatic rings. The summed E-state index contributed by atoms with van der Waals surface area (Å²) in [6.07, 6.45) is 2.79. The second-order valence-corrected chi connectivity index (χ2v) is 3.99. The smallest absolute Gasteiger partial charge is 0.0714 e. The lowest BCUT2D eigenvalue weighted by Crippen LogP contribution is -2.26. The van der Waals surface area contributed by atoms with Crippen LogP contribution in [0.15, 0.2) is 0 Å². The summed E-state index contributed by atoms with van der Waals surface area (Å²) >= 11 is 0. The van der Waals surface area contributed by atoms with Crippen molar-refractivity contribution in [2.75, 3.05) is 13.2 Å². The molecule has 12 heavy (non-hydrogen) atoms. The van der Waals surface area contributed by atoms with Gasteiger partial charge in [-0.1, -0.05) is 20.8 Å². The lowest BCUT2D eigenvalue weighted by atomic mass is 10.0. The van der Waals surface area contributed by atoms with Crippen LogP contribution in [0.4, 0.5) is 0 Å². The fraction of sp³-hybridized carbons (Fsp3) is 1.00. The fourth-order valence-electron chi connectivity index (χ4n) is 1.65. The Balaban J connectivity index is 2.17. The number of ether oxygens (including phenoxy) is 1. The average Bonchev–Trinajstić information content (AvgIpc) is 2.48. The molecule has 1 heterocycles. The molecular formula is C10H21NO. The van der Waals surface area contributed by atoms with E-state index in [1.807, 2.05) is 0 Å². The van der Waals surface area contributed by atoms with E-state index in [0.717, 1.165) is 25.5 Å². The summed E-state index contributed by atoms with van der Waals surface area (Å²) in [7, 11) is 0. The molecule has 0 aliphatic carbocycles. The van der Waals surface area contributed by atoms with Crippen molar-refractivity contribution < 1.29 is 4.74 Å². The molecule has 0 bridgehead atoms. The highest BCUT2D eigenvalue weighted by atomic mass is 16.5. The van der Waals surface area contributed by atoms with Crippen LogP contribution >= 0.6 is 0 Å². The second-order valence-electron chi connectivity index (χ2n) is 3.99. The highest BCUT2D eigenvalue weighted by molar-refractivity contribution is 4.84. The highest BCUT2D eigenvalue weighted by Gasteiger charge is 2.26. The molecule has 0 aromatic carbocycles. The molecule has 1 N–H and O–H groups in total. The zero-order chi connectivity index (χ0) is 8.97. The van der Waals surface area contributed by atoms with Crippen molar-refractivity contribution >= 4 is 0 Å². The number of nitrogens with one attached hydrogen (secondary N) is 1. The van der Waals surface area contributed by atoms with Gasteiger partial charge < -0.3 is 10.1 Å². The molecule has 1 fully saturated rings. The third-order valence-electron chi connectivity index (χ3n) is 2.49. The van der Waals surface area contributed by atoms with E-state index in [-0.39, 0.29) is 0 Å². The Labute approximate surface area is 75.7 Å². The first-order valence-electron chi connectivity index (χ1n) is 5.09. The van der Waals surface area contributed by atoms with Gasteiger partial charge in [-0.3, -0.25) is 0 Å². The molecule has 1 aliphatic heterocycles. The van der Waals surface area contributed by atoms with E-state index in [1.54, 1.807) is 0 Å². The largest absolute Gasteiger partial charge is 0.377 e. The van der Waals surface area contributed by atoms with Crippen LogP contribution in [0.3, 0.4) is 0 Å². The number of rotatable bonds is 4. The van der Waals surface area contributed by atoms with E-state index in [0.29, 0.717) is 12.1 Å². The molecule has 0 saturated carbocycles. The standard InChI is InChI=1S/C10H21NO/c1-4-5-12-9-6-10(8(2)3)11-7-9/h8-11H,4-7H2,1-3H3/t9-,10+/m1/s1. The van der Waals surface area contributed by atoms with E-state index in [2.05, 4.69) is 26.1 Å². The molecule has 0 radical (unpaired) electrons. The first kappa shape index (κ1) is 10.0. The lowest BCUT2D eigenvalue weighted by Gasteiger charge is -2.14. The maximum atomic E-state index is 5.67. The summed E-state index contributed by atoms with van der Waals surface area (Å²) in [6.45, 7) is 8.64. The Morgan fingerprint density at radius 3 is 2.75 bits per heavy atom. The predicted molar refractivity (Wildman–Crippen MR) is 51.3 cm³/mol. The third-order valence-corrected chi connectivity index (χ3v) is 2.49. The van der Waals surface area contributed by atoms with Crippen LogP contribution < -0.4 is 5.32 Å². The summed E-state index contributed by atoms with van der Waals surface area (Å²) in [5, 5.41) is 3.49. The zero-order valence-corrected chi connectivity index (χ0v) is 8.47. The van der Waals surface area contributed by atoms with Gasteiger partial charge in [0.05, 0.1) is 6.10 Å². The van der Waals surface area contributed by atoms with E-state index < -0.39 is 0 Å². The van der Waals surface area contributed by atoms with Crippen molar-refractivity contribution in [3.05, 3.63) is 0 Å². The molecule has 0 aromatic heterocycles. The topological polar surface area (TPSA) is 21.3 Å². The van der Waals surface area contributed by atoms with Crippen molar-refractivity contribution in [3.8, 4) is 0 Å². The molecule has 0 unspecified atom stereocenters. The molecule has 2 heteroatoms. The summed E-state index contributed by atoms with van der Waals surface area (Å²) in [4.78, 5) is 0. The maximum Gasteiger partial charge on any atom is 0.0714 e. The minimum atomic E-state index is 0.470. The van der Waals surface area contributed by atoms with E-state index >= 15 is 0 Å². The van der Waals surface area contributed by atoms with E-state index in [1.165, 1.54) is 6.42 Å². The minimum Gasteiger partial charge on any atom is -0.377 e. The molecule has 0 aromatic rings. The first-order chi connectivity index (χ1) is 5.74. The fourth-order valence-corrected chi connectivity index (χ4v) is 1.65. The van der Waals surface area contributed by atoms with Crippen LogP contribution in [0.25, 0.3) is 0 Å². The van der Waals surface area contributed by atoms with Gasteiger partial charge in [0.25, 0.3) is 0 Å². The van der Waals surface area contributed by atoms with Crippen LogP contribution in [0.2, 0.25) is 0 Å². The van der Waals surface area contributed by atoms with Gasteiger partial charge in [0.1, 0.15) is 0 Å². The Bertz CT molecular complexity index is 125. The van der Waals surface area contributed by atoms with Gasteiger partial charge in [-0.2, -0.15) is 0 Å². The third kappa shape index (κ3) is 2.76. The van der Waals surface area contributed by atoms with Crippen LogP contribution in [0, 0.1) is 5.92 Å². The summed E-state index contributed by atoms with van der Waals surface area (Å²) in [5.41, 5.74) is 0. The molecule has 2 atom stereocenters. The minimum absolute atomic E-state index is 0.470. The highest BCUT2D eigenvalue weighted by Crippen LogP contribution is 2.16. The molecule has 0 spiro atoms. The summed E-state index contributed by atoms with van der Waals surface area (Å²) < 4.78 is 5.67. The average molecular weight is 171 g/mol. The Morgan fingerprint density at radius 1 is 1.50 bits per heavy atom. The maximum absolute atomic E-state index is 5.67. The Hall–Kier alpha value is -0.0800. The monoisotopic (exact) mass is 171 g/mol. The summed E-state index contributed by atoms with van der Waals surface area (Å²) in [5.74, 6) is 0.736. The van der Waals surface area contributed by atoms with Crippen LogP contribution in [-0.4, -0.2) is 25.3 Å². The van der Waals surface area contributed by atoms with Crippen LogP contribution in [0.1, 0.15) is 33.6 Å². The van der Waals surface area contributed by atoms with Gasteiger partial charge >= 0.3 is 0 Å². The molecule has 1 rings (SSSR count). The van der Waals surface area contributed by atoms with Crippen molar-refractivity contribution in [2.24, 2.45) is 5.92 Å². The second kappa shape index (κ2) is 4.83. The van der Waals surface area contributed by atoms with Gasteiger partial charge in [0, 0.05) is 19.2 Å². The quantitative estimate of drug-likeness (QED) is 0.696. The summed E-state index contributed by atoms with van der Waals surface area (Å²) in [6, 6.07) is 0.673. The van der Waals surface area contributed by atoms with Gasteiger partial charge in [-0.15, -0.1) is 0 Å². The van der Waals surface area contributed by atoms with Gasteiger partial charge in [0.15, 0.2) is 0 Å². The Kier molecular flexibility index (Phi) is 4.02. The van der Waals surface area contributed by atoms with Crippen molar-refractivity contribution in [1.29, 1.82) is 0 Å². The van der Waals surface area contributed by atoms with E-state index in [4.69, 9.17) is 4.74 Å². The van der Waals surface area contributed by atoms with Gasteiger partial charge in [0.2, 0.25) is 0 Å². The van der Waals surface area contributed by atoms with Crippen molar-refractivity contribution in [3.63, 3.8) is 0 Å². The number of hydrogen-bond donors (Lipinski definition) is 1. The first-order valence-corrected chi connectivity index (χ1v) is 5.09. The molecule has 0 amide bonds. The van der Waals surface area contributed by atoms with Crippen molar-refractivity contribution in [2.45, 2.75) is 45.8 Å². The van der Waals surface area contributed by atoms with Crippen LogP contribution in [0.5, 0.6) is 0 Å². The number of hydrogen-bond acceptors (Lipinski definition) is 2. The Morgan fingerprint density at radius 2 is 2.25 bits per heavy atom. The molecule has 1 saturated heterocycles. The molecular weight excluding hydrogens is 150 g/mol. The normalized spacial score (nSPS) is 30.0. The van der Waals surface area contributed by atoms with Gasteiger partial charge in [-0.05, 0) is 18.8 Å². The van der Waals surface area contributed by atoms with Crippen molar-refractivity contribution in [1.82, 2.24) is 5.32 Å². The van der Waals surface area contributed by atoms with E-state index in [9.17, 15) is 0 Å². The lowest BCUT2D eigenvalue weighted by molar-refractivity contribution is 0.0649. The molecule has 2 nitrogen and oxygen atoms in total. The molecule has 72 valence electrons.